The maximum Gasteiger partial charge on any atom is 0.317 e. The standard InChI is InChI=1S/2C7H10N2O4.CH4N2O/c2*10-6-8-3-1-7(11,9-6)5-12-2-4(3)13-5;2-1(3)4/h2*3-5,11H,1-2H2,(H2,8,9,10);(H4,2,3,4)/t2*3-,4+,5+,7-;/m00./s1. The lowest BCUT2D eigenvalue weighted by Gasteiger charge is -2.44. The quantitative estimate of drug-likeness (QED) is 0.186. The van der Waals surface area contributed by atoms with Crippen molar-refractivity contribution in [1.29, 1.82) is 0 Å². The third-order valence-electron chi connectivity index (χ3n) is 5.45. The molecule has 6 saturated heterocycles. The van der Waals surface area contributed by atoms with Gasteiger partial charge >= 0.3 is 18.1 Å². The summed E-state index contributed by atoms with van der Waals surface area (Å²) in [6.07, 6.45) is -0.769. The smallest absolute Gasteiger partial charge is 0.317 e. The van der Waals surface area contributed by atoms with Gasteiger partial charge in [0.05, 0.1) is 25.3 Å². The van der Waals surface area contributed by atoms with E-state index in [2.05, 4.69) is 32.7 Å². The predicted octanol–water partition coefficient (Wildman–Crippen LogP) is -3.97. The summed E-state index contributed by atoms with van der Waals surface area (Å²) in [4.78, 5) is 31.2. The highest BCUT2D eigenvalue weighted by atomic mass is 16.7. The third kappa shape index (κ3) is 3.82. The minimum atomic E-state index is -1.35. The zero-order valence-corrected chi connectivity index (χ0v) is 15.7. The highest BCUT2D eigenvalue weighted by Crippen LogP contribution is 2.36. The number of fused-ring (bicyclic) bond motifs is 12. The minimum Gasteiger partial charge on any atom is -0.366 e. The van der Waals surface area contributed by atoms with Crippen molar-refractivity contribution in [3.05, 3.63) is 0 Å². The zero-order valence-electron chi connectivity index (χ0n) is 15.7. The minimum absolute atomic E-state index is 0.115. The molecule has 10 N–H and O–H groups in total. The van der Waals surface area contributed by atoms with Gasteiger partial charge in [-0.3, -0.25) is 0 Å². The van der Waals surface area contributed by atoms with Gasteiger partial charge in [-0.05, 0) is 0 Å². The van der Waals surface area contributed by atoms with E-state index in [1.807, 2.05) is 0 Å². The lowest BCUT2D eigenvalue weighted by molar-refractivity contribution is -0.231. The molecule has 0 aromatic heterocycles. The van der Waals surface area contributed by atoms with Gasteiger partial charge < -0.3 is 61.9 Å². The number of urea groups is 3. The molecule has 6 aliphatic rings. The van der Waals surface area contributed by atoms with Gasteiger partial charge in [-0.25, -0.2) is 14.4 Å². The molecule has 0 aromatic rings. The van der Waals surface area contributed by atoms with Gasteiger partial charge in [-0.1, -0.05) is 0 Å². The number of carbonyl (C=O) groups excluding carboxylic acids is 3. The van der Waals surface area contributed by atoms with Crippen LogP contribution in [0.3, 0.4) is 0 Å². The number of nitrogens with one attached hydrogen (secondary N) is 4. The Hall–Kier alpha value is -2.43. The molecule has 0 spiro atoms. The lowest BCUT2D eigenvalue weighted by Crippen LogP contribution is -2.71. The van der Waals surface area contributed by atoms with Crippen molar-refractivity contribution in [3.8, 4) is 0 Å². The average Bonchev–Trinajstić information content (AvgIpc) is 3.27. The number of carbonyl (C=O) groups is 3. The maximum atomic E-state index is 11.1. The van der Waals surface area contributed by atoms with Gasteiger partial charge in [0, 0.05) is 12.8 Å². The summed E-state index contributed by atoms with van der Waals surface area (Å²) in [6, 6.07) is -1.83. The van der Waals surface area contributed by atoms with E-state index in [1.54, 1.807) is 0 Å². The fourth-order valence-electron chi connectivity index (χ4n) is 4.20. The molecule has 15 nitrogen and oxygen atoms in total. The van der Waals surface area contributed by atoms with Crippen molar-refractivity contribution in [2.75, 3.05) is 13.2 Å². The van der Waals surface area contributed by atoms with Crippen LogP contribution >= 0.6 is 0 Å². The predicted molar refractivity (Wildman–Crippen MR) is 93.0 cm³/mol. The van der Waals surface area contributed by atoms with Gasteiger partial charge in [-0.15, -0.1) is 0 Å². The first-order valence-corrected chi connectivity index (χ1v) is 9.29. The Labute approximate surface area is 169 Å². The number of primary amides is 2. The summed E-state index contributed by atoms with van der Waals surface area (Å²) in [5.41, 5.74) is 5.81. The van der Waals surface area contributed by atoms with Crippen molar-refractivity contribution in [1.82, 2.24) is 21.3 Å². The van der Waals surface area contributed by atoms with Gasteiger partial charge in [0.15, 0.2) is 11.4 Å². The van der Waals surface area contributed by atoms with E-state index in [0.29, 0.717) is 26.1 Å². The number of ether oxygens (including phenoxy) is 4. The molecular formula is C15H24N6O9. The Balaban J connectivity index is 0.000000124. The molecule has 6 rings (SSSR count). The lowest BCUT2D eigenvalue weighted by atomic mass is 9.95. The van der Waals surface area contributed by atoms with Crippen LogP contribution in [-0.2, 0) is 18.9 Å². The van der Waals surface area contributed by atoms with Crippen LogP contribution in [0.2, 0.25) is 0 Å². The molecule has 6 amide bonds. The van der Waals surface area contributed by atoms with Gasteiger partial charge in [0.2, 0.25) is 12.6 Å². The summed E-state index contributed by atoms with van der Waals surface area (Å²) < 4.78 is 21.2. The SMILES string of the molecule is NC(N)=O.O=C1N[C@H]2C[C@@](O)(N1)[C@@H]1OC[C@H]2O1.O=C1N[C@H]2C[C@@](O)(N1)[C@@H]1OC[C@H]2O1. The van der Waals surface area contributed by atoms with E-state index >= 15 is 0 Å². The van der Waals surface area contributed by atoms with Crippen molar-refractivity contribution in [3.63, 3.8) is 0 Å². The Bertz CT molecular complexity index is 683. The normalized spacial score (nSPS) is 46.5. The van der Waals surface area contributed by atoms with Crippen LogP contribution < -0.4 is 32.7 Å². The second-order valence-corrected chi connectivity index (χ2v) is 7.75. The van der Waals surface area contributed by atoms with Crippen molar-refractivity contribution >= 4 is 18.1 Å². The van der Waals surface area contributed by atoms with E-state index in [9.17, 15) is 19.8 Å². The van der Waals surface area contributed by atoms with Crippen LogP contribution in [0.4, 0.5) is 14.4 Å². The Morgan fingerprint density at radius 3 is 1.60 bits per heavy atom. The average molecular weight is 432 g/mol. The molecule has 0 saturated carbocycles. The zero-order chi connectivity index (χ0) is 21.7. The summed E-state index contributed by atoms with van der Waals surface area (Å²) in [5, 5.41) is 30.1. The van der Waals surface area contributed by atoms with Crippen LogP contribution in [0.5, 0.6) is 0 Å². The first-order chi connectivity index (χ1) is 14.1. The maximum absolute atomic E-state index is 11.1. The van der Waals surface area contributed by atoms with Crippen LogP contribution in [-0.4, -0.2) is 89.8 Å². The molecule has 6 aliphatic heterocycles. The topological polar surface area (TPSA) is 229 Å². The van der Waals surface area contributed by atoms with Crippen molar-refractivity contribution in [2.24, 2.45) is 11.5 Å². The summed E-state index contributed by atoms with van der Waals surface area (Å²) in [7, 11) is 0. The summed E-state index contributed by atoms with van der Waals surface area (Å²) in [6.45, 7) is 0.860. The van der Waals surface area contributed by atoms with E-state index in [0.717, 1.165) is 0 Å². The highest BCUT2D eigenvalue weighted by Gasteiger charge is 2.57. The fraction of sp³-hybridized carbons (Fsp3) is 0.800. The third-order valence-corrected chi connectivity index (χ3v) is 5.45. The monoisotopic (exact) mass is 432 g/mol. The van der Waals surface area contributed by atoms with Crippen LogP contribution in [0.1, 0.15) is 12.8 Å². The summed E-state index contributed by atoms with van der Waals surface area (Å²) >= 11 is 0. The molecule has 0 aliphatic carbocycles. The van der Waals surface area contributed by atoms with Crippen molar-refractivity contribution < 1.29 is 43.5 Å². The Kier molecular flexibility index (Phi) is 5.11. The first kappa shape index (κ1) is 20.8. The number of aliphatic hydroxyl groups is 2. The van der Waals surface area contributed by atoms with Crippen molar-refractivity contribution in [2.45, 2.75) is 61.2 Å². The first-order valence-electron chi connectivity index (χ1n) is 9.29. The van der Waals surface area contributed by atoms with E-state index < -0.39 is 30.1 Å². The molecule has 15 heteroatoms. The molecule has 0 aromatic carbocycles. The van der Waals surface area contributed by atoms with E-state index in [1.165, 1.54) is 0 Å². The van der Waals surface area contributed by atoms with Gasteiger partial charge in [-0.2, -0.15) is 0 Å². The van der Waals surface area contributed by atoms with E-state index in [-0.39, 0.29) is 36.4 Å². The number of rotatable bonds is 0. The molecule has 168 valence electrons. The molecule has 0 unspecified atom stereocenters. The fourth-order valence-corrected chi connectivity index (χ4v) is 4.20. The second-order valence-electron chi connectivity index (χ2n) is 7.75. The second kappa shape index (κ2) is 7.36. The Morgan fingerprint density at radius 1 is 0.867 bits per heavy atom. The summed E-state index contributed by atoms with van der Waals surface area (Å²) in [5.74, 6) is 0. The van der Waals surface area contributed by atoms with E-state index in [4.69, 9.17) is 23.7 Å². The molecule has 30 heavy (non-hydrogen) atoms. The van der Waals surface area contributed by atoms with Gasteiger partial charge in [0.1, 0.15) is 12.2 Å². The number of nitrogens with two attached hydrogens (primary N) is 2. The van der Waals surface area contributed by atoms with Gasteiger partial charge in [0.25, 0.3) is 0 Å². The molecule has 6 heterocycles. The molecular weight excluding hydrogens is 408 g/mol. The molecule has 6 fully saturated rings. The highest BCUT2D eigenvalue weighted by molar-refractivity contribution is 5.76. The van der Waals surface area contributed by atoms with Crippen LogP contribution in [0.15, 0.2) is 0 Å². The molecule has 8 bridgehead atoms. The number of hydrogen-bond donors (Lipinski definition) is 8. The Morgan fingerprint density at radius 2 is 1.23 bits per heavy atom. The largest absolute Gasteiger partial charge is 0.366 e. The number of hydrogen-bond acceptors (Lipinski definition) is 9. The van der Waals surface area contributed by atoms with Crippen LogP contribution in [0.25, 0.3) is 0 Å². The number of amides is 6. The molecule has 0 radical (unpaired) electrons. The van der Waals surface area contributed by atoms with Crippen LogP contribution in [0, 0.1) is 0 Å². The molecule has 8 atom stereocenters.